The molecule has 0 amide bonds. The molecule has 4 fully saturated rings. The van der Waals surface area contributed by atoms with Crippen LogP contribution in [0.2, 0.25) is 0 Å². The number of alkyl halides is 1. The number of ether oxygens (including phenoxy) is 3. The normalized spacial score (nSPS) is 76.5. The largest absolute Gasteiger partial charge is 0.362 e. The fourth-order valence-electron chi connectivity index (χ4n) is 2.42. The molecule has 0 aromatic rings. The Morgan fingerprint density at radius 3 is 2.58 bits per heavy atom. The van der Waals surface area contributed by atoms with E-state index in [2.05, 4.69) is 0 Å². The lowest BCUT2D eigenvalue weighted by Gasteiger charge is -2.30. The summed E-state index contributed by atoms with van der Waals surface area (Å²) in [4.78, 5) is 0. The maximum Gasteiger partial charge on any atom is 0.225 e. The molecule has 0 saturated carbocycles. The SMILES string of the molecule is O[C@]12O[C@H]([C@H](Cl)[C@H]3O[C@H]31)[C@@H]1O[C@@H]12. The molecule has 4 rings (SSSR count). The molecule has 5 heteroatoms. The van der Waals surface area contributed by atoms with Gasteiger partial charge in [-0.1, -0.05) is 0 Å². The zero-order valence-electron chi connectivity index (χ0n) is 6.01. The number of hydrogen-bond acceptors (Lipinski definition) is 4. The van der Waals surface area contributed by atoms with E-state index < -0.39 is 5.79 Å². The maximum atomic E-state index is 9.93. The highest BCUT2D eigenvalue weighted by molar-refractivity contribution is 6.22. The minimum Gasteiger partial charge on any atom is -0.362 e. The Kier molecular flexibility index (Phi) is 0.849. The predicted molar refractivity (Wildman–Crippen MR) is 36.8 cm³/mol. The highest BCUT2D eigenvalue weighted by atomic mass is 35.5. The molecule has 4 heterocycles. The molecule has 4 saturated heterocycles. The smallest absolute Gasteiger partial charge is 0.225 e. The lowest BCUT2D eigenvalue weighted by atomic mass is 10.1. The van der Waals surface area contributed by atoms with E-state index in [1.807, 2.05) is 0 Å². The predicted octanol–water partition coefficient (Wildman–Crippen LogP) is -0.770. The standard InChI is InChI=1S/C7H7ClO4/c8-1-2-4-6(11-4)7(9,12-2)5-3(1)10-5/h1-6,9H/t1-,2+,3+,4-,5+,6-,7-/m0/s1. The third-order valence-electron chi connectivity index (χ3n) is 3.14. The van der Waals surface area contributed by atoms with E-state index in [9.17, 15) is 5.11 Å². The zero-order chi connectivity index (χ0) is 8.09. The number of hydrogen-bond donors (Lipinski definition) is 1. The molecule has 12 heavy (non-hydrogen) atoms. The summed E-state index contributed by atoms with van der Waals surface area (Å²) in [6.07, 6.45) is -0.638. The van der Waals surface area contributed by atoms with Crippen LogP contribution >= 0.6 is 11.6 Å². The second-order valence-corrected chi connectivity index (χ2v) is 4.33. The van der Waals surface area contributed by atoms with E-state index in [1.54, 1.807) is 0 Å². The fraction of sp³-hybridized carbons (Fsp3) is 1.00. The van der Waals surface area contributed by atoms with Crippen LogP contribution in [-0.4, -0.2) is 46.8 Å². The first-order valence-corrected chi connectivity index (χ1v) is 4.50. The van der Waals surface area contributed by atoms with E-state index in [0.717, 1.165) is 0 Å². The minimum absolute atomic E-state index is 0.00824. The Morgan fingerprint density at radius 1 is 1.08 bits per heavy atom. The monoisotopic (exact) mass is 190 g/mol. The van der Waals surface area contributed by atoms with Crippen LogP contribution in [0.25, 0.3) is 0 Å². The Bertz CT molecular complexity index is 272. The average Bonchev–Trinajstić information content (AvgIpc) is 2.86. The van der Waals surface area contributed by atoms with Crippen molar-refractivity contribution in [3.05, 3.63) is 0 Å². The van der Waals surface area contributed by atoms with Gasteiger partial charge in [0.15, 0.2) is 0 Å². The van der Waals surface area contributed by atoms with Gasteiger partial charge in [0, 0.05) is 0 Å². The first-order valence-electron chi connectivity index (χ1n) is 4.07. The summed E-state index contributed by atoms with van der Waals surface area (Å²) in [6, 6.07) is 0. The van der Waals surface area contributed by atoms with Crippen LogP contribution in [0, 0.1) is 0 Å². The number of fused-ring (bicyclic) bond motifs is 7. The summed E-state index contributed by atoms with van der Waals surface area (Å²) in [5.74, 6) is -1.19. The quantitative estimate of drug-likeness (QED) is 0.403. The molecular weight excluding hydrogens is 184 g/mol. The van der Waals surface area contributed by atoms with Crippen molar-refractivity contribution in [3.8, 4) is 0 Å². The van der Waals surface area contributed by atoms with Crippen molar-refractivity contribution in [3.63, 3.8) is 0 Å². The summed E-state index contributed by atoms with van der Waals surface area (Å²) in [7, 11) is 0. The number of rotatable bonds is 0. The molecule has 2 bridgehead atoms. The highest BCUT2D eigenvalue weighted by Crippen LogP contribution is 2.59. The fourth-order valence-corrected chi connectivity index (χ4v) is 2.81. The van der Waals surface area contributed by atoms with Gasteiger partial charge < -0.3 is 19.3 Å². The van der Waals surface area contributed by atoms with Crippen molar-refractivity contribution in [1.82, 2.24) is 0 Å². The summed E-state index contributed by atoms with van der Waals surface area (Å²) >= 11 is 6.04. The van der Waals surface area contributed by atoms with Crippen LogP contribution in [0.1, 0.15) is 0 Å². The Labute approximate surface area is 73.3 Å². The molecule has 7 atom stereocenters. The molecule has 4 aliphatic heterocycles. The Morgan fingerprint density at radius 2 is 1.75 bits per heavy atom. The molecular formula is C7H7ClO4. The maximum absolute atomic E-state index is 9.93. The second-order valence-electron chi connectivity index (χ2n) is 3.82. The second kappa shape index (κ2) is 1.55. The molecule has 0 aliphatic carbocycles. The van der Waals surface area contributed by atoms with Crippen molar-refractivity contribution < 1.29 is 19.3 Å². The van der Waals surface area contributed by atoms with Crippen molar-refractivity contribution in [2.24, 2.45) is 0 Å². The zero-order valence-corrected chi connectivity index (χ0v) is 6.77. The highest BCUT2D eigenvalue weighted by Gasteiger charge is 2.81. The first kappa shape index (κ1) is 6.56. The van der Waals surface area contributed by atoms with Gasteiger partial charge in [0.05, 0.1) is 5.38 Å². The Hall–Kier alpha value is 0.130. The van der Waals surface area contributed by atoms with Gasteiger partial charge in [0.1, 0.15) is 30.5 Å². The van der Waals surface area contributed by atoms with Crippen LogP contribution < -0.4 is 0 Å². The van der Waals surface area contributed by atoms with Crippen molar-refractivity contribution in [2.75, 3.05) is 0 Å². The van der Waals surface area contributed by atoms with E-state index in [-0.39, 0.29) is 35.9 Å². The summed E-state index contributed by atoms with van der Waals surface area (Å²) in [5, 5.41) is 9.77. The number of epoxide rings is 2. The first-order chi connectivity index (χ1) is 5.72. The third-order valence-corrected chi connectivity index (χ3v) is 3.64. The minimum atomic E-state index is -1.19. The Balaban J connectivity index is 1.83. The van der Waals surface area contributed by atoms with E-state index in [4.69, 9.17) is 25.8 Å². The van der Waals surface area contributed by atoms with Crippen LogP contribution in [-0.2, 0) is 14.2 Å². The molecule has 0 radical (unpaired) electrons. The lowest BCUT2D eigenvalue weighted by Crippen LogP contribution is -2.50. The van der Waals surface area contributed by atoms with E-state index >= 15 is 0 Å². The van der Waals surface area contributed by atoms with Crippen LogP contribution in [0.3, 0.4) is 0 Å². The van der Waals surface area contributed by atoms with Gasteiger partial charge in [-0.25, -0.2) is 0 Å². The van der Waals surface area contributed by atoms with Gasteiger partial charge >= 0.3 is 0 Å². The molecule has 4 aliphatic rings. The van der Waals surface area contributed by atoms with Crippen molar-refractivity contribution in [2.45, 2.75) is 41.7 Å². The van der Waals surface area contributed by atoms with Gasteiger partial charge in [-0.05, 0) is 0 Å². The van der Waals surface area contributed by atoms with Gasteiger partial charge in [0.25, 0.3) is 0 Å². The lowest BCUT2D eigenvalue weighted by molar-refractivity contribution is -0.246. The van der Waals surface area contributed by atoms with Crippen LogP contribution in [0.4, 0.5) is 0 Å². The summed E-state index contributed by atoms with van der Waals surface area (Å²) in [5.41, 5.74) is 0. The number of aliphatic hydroxyl groups is 1. The molecule has 0 spiro atoms. The van der Waals surface area contributed by atoms with E-state index in [1.165, 1.54) is 0 Å². The average molecular weight is 191 g/mol. The van der Waals surface area contributed by atoms with Crippen molar-refractivity contribution in [1.29, 1.82) is 0 Å². The van der Waals surface area contributed by atoms with Crippen LogP contribution in [0.15, 0.2) is 0 Å². The van der Waals surface area contributed by atoms with Gasteiger partial charge in [-0.15, -0.1) is 11.6 Å². The molecule has 0 aromatic carbocycles. The van der Waals surface area contributed by atoms with Gasteiger partial charge in [-0.2, -0.15) is 0 Å². The van der Waals surface area contributed by atoms with Gasteiger partial charge in [0.2, 0.25) is 5.79 Å². The van der Waals surface area contributed by atoms with Gasteiger partial charge in [-0.3, -0.25) is 0 Å². The van der Waals surface area contributed by atoms with E-state index in [0.29, 0.717) is 0 Å². The summed E-state index contributed by atoms with van der Waals surface area (Å²) in [6.45, 7) is 0. The summed E-state index contributed by atoms with van der Waals surface area (Å²) < 4.78 is 15.9. The number of halogens is 1. The third kappa shape index (κ3) is 0.499. The molecule has 1 N–H and O–H groups in total. The molecule has 4 nitrogen and oxygen atoms in total. The van der Waals surface area contributed by atoms with Crippen molar-refractivity contribution >= 4 is 11.6 Å². The molecule has 0 unspecified atom stereocenters. The molecule has 0 aromatic heterocycles. The topological polar surface area (TPSA) is 54.5 Å². The molecule has 66 valence electrons. The van der Waals surface area contributed by atoms with Crippen LogP contribution in [0.5, 0.6) is 0 Å².